The maximum absolute atomic E-state index is 4.76. The van der Waals surface area contributed by atoms with Crippen molar-refractivity contribution in [2.75, 3.05) is 18.5 Å². The molecule has 0 saturated carbocycles. The maximum Gasteiger partial charge on any atom is 0.133 e. The second-order valence-electron chi connectivity index (χ2n) is 5.35. The lowest BCUT2D eigenvalue weighted by molar-refractivity contribution is 0.724. The van der Waals surface area contributed by atoms with Gasteiger partial charge in [-0.25, -0.2) is 4.98 Å². The SMILES string of the molecule is CCNCc1cc(CC)nc(N(C)c2ccc(C)cc2)c1. The molecule has 0 spiro atoms. The average molecular weight is 283 g/mol. The lowest BCUT2D eigenvalue weighted by atomic mass is 10.1. The van der Waals surface area contributed by atoms with Gasteiger partial charge in [0.2, 0.25) is 0 Å². The predicted octanol–water partition coefficient (Wildman–Crippen LogP) is 3.83. The van der Waals surface area contributed by atoms with Crippen molar-refractivity contribution in [1.82, 2.24) is 10.3 Å². The molecule has 21 heavy (non-hydrogen) atoms. The first-order chi connectivity index (χ1) is 10.1. The highest BCUT2D eigenvalue weighted by atomic mass is 15.2. The average Bonchev–Trinajstić information content (AvgIpc) is 2.52. The molecule has 1 aromatic heterocycles. The van der Waals surface area contributed by atoms with Crippen molar-refractivity contribution in [3.63, 3.8) is 0 Å². The second kappa shape index (κ2) is 7.23. The van der Waals surface area contributed by atoms with Crippen LogP contribution in [-0.2, 0) is 13.0 Å². The Morgan fingerprint density at radius 1 is 1.10 bits per heavy atom. The lowest BCUT2D eigenvalue weighted by Gasteiger charge is -2.20. The Bertz CT molecular complexity index is 576. The summed E-state index contributed by atoms with van der Waals surface area (Å²) < 4.78 is 0. The van der Waals surface area contributed by atoms with Crippen molar-refractivity contribution in [1.29, 1.82) is 0 Å². The quantitative estimate of drug-likeness (QED) is 0.873. The van der Waals surface area contributed by atoms with Crippen LogP contribution in [0.4, 0.5) is 11.5 Å². The highest BCUT2D eigenvalue weighted by molar-refractivity contribution is 5.60. The van der Waals surface area contributed by atoms with E-state index in [1.165, 1.54) is 11.1 Å². The second-order valence-corrected chi connectivity index (χ2v) is 5.35. The van der Waals surface area contributed by atoms with Gasteiger partial charge in [0.25, 0.3) is 0 Å². The fraction of sp³-hybridized carbons (Fsp3) is 0.389. The van der Waals surface area contributed by atoms with Gasteiger partial charge in [-0.3, -0.25) is 0 Å². The molecule has 0 saturated heterocycles. The van der Waals surface area contributed by atoms with Gasteiger partial charge in [0.15, 0.2) is 0 Å². The first kappa shape index (κ1) is 15.5. The molecule has 0 radical (unpaired) electrons. The third kappa shape index (κ3) is 4.05. The molecule has 0 amide bonds. The Labute approximate surface area is 128 Å². The highest BCUT2D eigenvalue weighted by Gasteiger charge is 2.08. The minimum atomic E-state index is 0.890. The van der Waals surface area contributed by atoms with Crippen molar-refractivity contribution >= 4 is 11.5 Å². The number of aryl methyl sites for hydroxylation is 2. The lowest BCUT2D eigenvalue weighted by Crippen LogP contribution is -2.15. The smallest absolute Gasteiger partial charge is 0.133 e. The Hall–Kier alpha value is -1.87. The Kier molecular flexibility index (Phi) is 5.34. The van der Waals surface area contributed by atoms with Crippen molar-refractivity contribution < 1.29 is 0 Å². The zero-order valence-corrected chi connectivity index (χ0v) is 13.5. The van der Waals surface area contributed by atoms with Crippen LogP contribution in [0.25, 0.3) is 0 Å². The zero-order valence-electron chi connectivity index (χ0n) is 13.5. The third-order valence-corrected chi connectivity index (χ3v) is 3.63. The van der Waals surface area contributed by atoms with Crippen LogP contribution in [0, 0.1) is 6.92 Å². The molecule has 3 nitrogen and oxygen atoms in total. The molecule has 0 aliphatic rings. The fourth-order valence-electron chi connectivity index (χ4n) is 2.26. The van der Waals surface area contributed by atoms with Crippen LogP contribution in [0.5, 0.6) is 0 Å². The minimum Gasteiger partial charge on any atom is -0.329 e. The number of hydrogen-bond acceptors (Lipinski definition) is 3. The van der Waals surface area contributed by atoms with Gasteiger partial charge in [-0.2, -0.15) is 0 Å². The molecular formula is C18H25N3. The number of anilines is 2. The van der Waals surface area contributed by atoms with Crippen LogP contribution in [0.15, 0.2) is 36.4 Å². The highest BCUT2D eigenvalue weighted by Crippen LogP contribution is 2.23. The summed E-state index contributed by atoms with van der Waals surface area (Å²) in [6.07, 6.45) is 0.953. The van der Waals surface area contributed by atoms with Gasteiger partial charge in [-0.15, -0.1) is 0 Å². The molecular weight excluding hydrogens is 258 g/mol. The van der Waals surface area contributed by atoms with E-state index in [1.54, 1.807) is 0 Å². The van der Waals surface area contributed by atoms with E-state index in [2.05, 4.69) is 74.4 Å². The van der Waals surface area contributed by atoms with Gasteiger partial charge in [0, 0.05) is 25.0 Å². The van der Waals surface area contributed by atoms with Gasteiger partial charge in [-0.05, 0) is 49.7 Å². The summed E-state index contributed by atoms with van der Waals surface area (Å²) in [6, 6.07) is 12.9. The van der Waals surface area contributed by atoms with Crippen LogP contribution in [0.2, 0.25) is 0 Å². The number of pyridine rings is 1. The standard InChI is InChI=1S/C18H25N3/c1-5-16-11-15(13-19-6-2)12-18(20-16)21(4)17-9-7-14(3)8-10-17/h7-12,19H,5-6,13H2,1-4H3. The summed E-state index contributed by atoms with van der Waals surface area (Å²) in [4.78, 5) is 6.90. The van der Waals surface area contributed by atoms with Gasteiger partial charge in [-0.1, -0.05) is 31.5 Å². The number of nitrogens with zero attached hydrogens (tertiary/aromatic N) is 2. The Morgan fingerprint density at radius 3 is 2.43 bits per heavy atom. The van der Waals surface area contributed by atoms with Crippen molar-refractivity contribution in [3.8, 4) is 0 Å². The molecule has 2 rings (SSSR count). The molecule has 112 valence electrons. The van der Waals surface area contributed by atoms with Gasteiger partial charge < -0.3 is 10.2 Å². The molecule has 0 unspecified atom stereocenters. The minimum absolute atomic E-state index is 0.890. The molecule has 1 aromatic carbocycles. The summed E-state index contributed by atoms with van der Waals surface area (Å²) in [5.74, 6) is 1.01. The molecule has 2 aromatic rings. The van der Waals surface area contributed by atoms with E-state index in [1.807, 2.05) is 0 Å². The number of benzene rings is 1. The van der Waals surface area contributed by atoms with E-state index in [0.29, 0.717) is 0 Å². The summed E-state index contributed by atoms with van der Waals surface area (Å²) in [5, 5.41) is 3.38. The topological polar surface area (TPSA) is 28.2 Å². The number of aromatic nitrogens is 1. The van der Waals surface area contributed by atoms with Crippen LogP contribution in [0.3, 0.4) is 0 Å². The number of nitrogens with one attached hydrogen (secondary N) is 1. The van der Waals surface area contributed by atoms with Gasteiger partial charge >= 0.3 is 0 Å². The summed E-state index contributed by atoms with van der Waals surface area (Å²) in [5.41, 5.74) is 4.86. The molecule has 1 N–H and O–H groups in total. The first-order valence-corrected chi connectivity index (χ1v) is 7.65. The van der Waals surface area contributed by atoms with E-state index < -0.39 is 0 Å². The predicted molar refractivity (Wildman–Crippen MR) is 90.2 cm³/mol. The summed E-state index contributed by atoms with van der Waals surface area (Å²) >= 11 is 0. The summed E-state index contributed by atoms with van der Waals surface area (Å²) in [6.45, 7) is 8.25. The molecule has 3 heteroatoms. The molecule has 0 atom stereocenters. The molecule has 0 aliphatic carbocycles. The molecule has 0 fully saturated rings. The van der Waals surface area contributed by atoms with Gasteiger partial charge in [0.1, 0.15) is 5.82 Å². The monoisotopic (exact) mass is 283 g/mol. The van der Waals surface area contributed by atoms with Crippen molar-refractivity contribution in [2.45, 2.75) is 33.7 Å². The fourth-order valence-corrected chi connectivity index (χ4v) is 2.26. The normalized spacial score (nSPS) is 10.7. The molecule has 1 heterocycles. The number of hydrogen-bond donors (Lipinski definition) is 1. The van der Waals surface area contributed by atoms with E-state index in [9.17, 15) is 0 Å². The van der Waals surface area contributed by atoms with E-state index in [0.717, 1.165) is 36.7 Å². The van der Waals surface area contributed by atoms with Gasteiger partial charge in [0.05, 0.1) is 0 Å². The molecule has 0 bridgehead atoms. The number of rotatable bonds is 6. The third-order valence-electron chi connectivity index (χ3n) is 3.63. The van der Waals surface area contributed by atoms with E-state index in [-0.39, 0.29) is 0 Å². The maximum atomic E-state index is 4.76. The van der Waals surface area contributed by atoms with E-state index in [4.69, 9.17) is 4.98 Å². The first-order valence-electron chi connectivity index (χ1n) is 7.65. The van der Waals surface area contributed by atoms with Crippen molar-refractivity contribution in [2.24, 2.45) is 0 Å². The van der Waals surface area contributed by atoms with E-state index >= 15 is 0 Å². The Morgan fingerprint density at radius 2 is 1.81 bits per heavy atom. The Balaban J connectivity index is 2.30. The van der Waals surface area contributed by atoms with Crippen molar-refractivity contribution in [3.05, 3.63) is 53.2 Å². The van der Waals surface area contributed by atoms with Crippen LogP contribution in [-0.4, -0.2) is 18.6 Å². The van der Waals surface area contributed by atoms with Crippen LogP contribution >= 0.6 is 0 Å². The largest absolute Gasteiger partial charge is 0.329 e. The van der Waals surface area contributed by atoms with Crippen LogP contribution in [0.1, 0.15) is 30.7 Å². The van der Waals surface area contributed by atoms with Crippen LogP contribution < -0.4 is 10.2 Å². The zero-order chi connectivity index (χ0) is 15.2. The molecule has 0 aliphatic heterocycles. The summed E-state index contributed by atoms with van der Waals surface area (Å²) in [7, 11) is 2.07.